The highest BCUT2D eigenvalue weighted by atomic mass is 15.1. The van der Waals surface area contributed by atoms with Crippen LogP contribution in [0.25, 0.3) is 11.0 Å². The van der Waals surface area contributed by atoms with E-state index in [1.54, 1.807) is 0 Å². The van der Waals surface area contributed by atoms with E-state index in [1.807, 2.05) is 6.07 Å². The maximum absolute atomic E-state index is 6.20. The molecule has 1 aromatic heterocycles. The fraction of sp³-hybridized carbons (Fsp3) is 0.562. The third kappa shape index (κ3) is 2.98. The van der Waals surface area contributed by atoms with Gasteiger partial charge in [0.25, 0.3) is 0 Å². The molecule has 19 heavy (non-hydrogen) atoms. The van der Waals surface area contributed by atoms with E-state index in [0.717, 1.165) is 30.6 Å². The van der Waals surface area contributed by atoms with Crippen molar-refractivity contribution in [2.75, 3.05) is 0 Å². The van der Waals surface area contributed by atoms with Gasteiger partial charge in [-0.1, -0.05) is 25.5 Å². The second kappa shape index (κ2) is 5.33. The Labute approximate surface area is 115 Å². The van der Waals surface area contributed by atoms with Crippen LogP contribution in [0.4, 0.5) is 0 Å². The standard InChI is InChI=1S/C16H25N3/c1-5-8-12(17)11-15-18-13-9-6-7-10-14(13)19(15)16(2,3)4/h6-7,9-10,12H,5,8,11,17H2,1-4H3. The average Bonchev–Trinajstić information content (AvgIpc) is 2.66. The number of benzene rings is 1. The molecule has 1 unspecified atom stereocenters. The first kappa shape index (κ1) is 14.1. The molecule has 2 aromatic rings. The summed E-state index contributed by atoms with van der Waals surface area (Å²) in [4.78, 5) is 4.78. The zero-order valence-electron chi connectivity index (χ0n) is 12.5. The fourth-order valence-corrected chi connectivity index (χ4v) is 2.67. The van der Waals surface area contributed by atoms with E-state index in [2.05, 4.69) is 50.5 Å². The van der Waals surface area contributed by atoms with Crippen molar-refractivity contribution in [2.24, 2.45) is 5.73 Å². The molecule has 1 aromatic carbocycles. The molecule has 0 aliphatic heterocycles. The van der Waals surface area contributed by atoms with E-state index in [-0.39, 0.29) is 11.6 Å². The predicted octanol–water partition coefficient (Wildman–Crippen LogP) is 3.46. The molecule has 1 atom stereocenters. The molecule has 2 N–H and O–H groups in total. The molecule has 0 fully saturated rings. The summed E-state index contributed by atoms with van der Waals surface area (Å²) in [6, 6.07) is 8.53. The van der Waals surface area contributed by atoms with Crippen LogP contribution in [0.1, 0.15) is 46.4 Å². The number of aromatic nitrogens is 2. The van der Waals surface area contributed by atoms with E-state index < -0.39 is 0 Å². The van der Waals surface area contributed by atoms with Crippen molar-refractivity contribution in [2.45, 2.75) is 58.5 Å². The van der Waals surface area contributed by atoms with Crippen molar-refractivity contribution in [3.8, 4) is 0 Å². The Kier molecular flexibility index (Phi) is 3.95. The molecule has 0 bridgehead atoms. The maximum atomic E-state index is 6.20. The first-order valence-corrected chi connectivity index (χ1v) is 7.16. The van der Waals surface area contributed by atoms with Crippen LogP contribution < -0.4 is 5.73 Å². The van der Waals surface area contributed by atoms with Crippen LogP contribution in [-0.4, -0.2) is 15.6 Å². The Morgan fingerprint density at radius 2 is 1.95 bits per heavy atom. The van der Waals surface area contributed by atoms with Crippen LogP contribution in [-0.2, 0) is 12.0 Å². The minimum Gasteiger partial charge on any atom is -0.327 e. The van der Waals surface area contributed by atoms with Gasteiger partial charge in [0.1, 0.15) is 5.82 Å². The van der Waals surface area contributed by atoms with Gasteiger partial charge in [0, 0.05) is 18.0 Å². The van der Waals surface area contributed by atoms with Gasteiger partial charge in [0.2, 0.25) is 0 Å². The SMILES string of the molecule is CCCC(N)Cc1nc2ccccc2n1C(C)(C)C. The summed E-state index contributed by atoms with van der Waals surface area (Å²) >= 11 is 0. The van der Waals surface area contributed by atoms with Crippen molar-refractivity contribution in [1.29, 1.82) is 0 Å². The van der Waals surface area contributed by atoms with E-state index in [9.17, 15) is 0 Å². The van der Waals surface area contributed by atoms with E-state index in [0.29, 0.717) is 0 Å². The van der Waals surface area contributed by atoms with Gasteiger partial charge in [0.15, 0.2) is 0 Å². The van der Waals surface area contributed by atoms with Crippen LogP contribution in [0.2, 0.25) is 0 Å². The van der Waals surface area contributed by atoms with Crippen LogP contribution in [0.3, 0.4) is 0 Å². The highest BCUT2D eigenvalue weighted by Crippen LogP contribution is 2.25. The predicted molar refractivity (Wildman–Crippen MR) is 81.3 cm³/mol. The molecule has 104 valence electrons. The van der Waals surface area contributed by atoms with Crippen LogP contribution >= 0.6 is 0 Å². The lowest BCUT2D eigenvalue weighted by Gasteiger charge is -2.25. The number of fused-ring (bicyclic) bond motifs is 1. The first-order valence-electron chi connectivity index (χ1n) is 7.16. The summed E-state index contributed by atoms with van der Waals surface area (Å²) < 4.78 is 2.33. The van der Waals surface area contributed by atoms with Gasteiger partial charge in [-0.15, -0.1) is 0 Å². The van der Waals surface area contributed by atoms with Gasteiger partial charge in [-0.2, -0.15) is 0 Å². The Bertz CT molecular complexity index is 549. The van der Waals surface area contributed by atoms with E-state index in [4.69, 9.17) is 10.7 Å². The van der Waals surface area contributed by atoms with Crippen LogP contribution in [0.15, 0.2) is 24.3 Å². The number of nitrogens with zero attached hydrogens (tertiary/aromatic N) is 2. The lowest BCUT2D eigenvalue weighted by Crippen LogP contribution is -2.29. The Balaban J connectivity index is 2.47. The third-order valence-corrected chi connectivity index (χ3v) is 3.41. The van der Waals surface area contributed by atoms with Crippen LogP contribution in [0.5, 0.6) is 0 Å². The zero-order valence-corrected chi connectivity index (χ0v) is 12.5. The minimum atomic E-state index is 0.0252. The molecular weight excluding hydrogens is 234 g/mol. The van der Waals surface area contributed by atoms with Crippen molar-refractivity contribution >= 4 is 11.0 Å². The first-order chi connectivity index (χ1) is 8.93. The summed E-state index contributed by atoms with van der Waals surface area (Å²) in [5.74, 6) is 1.11. The summed E-state index contributed by atoms with van der Waals surface area (Å²) in [5, 5.41) is 0. The topological polar surface area (TPSA) is 43.8 Å². The Hall–Kier alpha value is -1.35. The van der Waals surface area contributed by atoms with Crippen molar-refractivity contribution in [3.05, 3.63) is 30.1 Å². The van der Waals surface area contributed by atoms with E-state index >= 15 is 0 Å². The molecule has 2 rings (SSSR count). The Morgan fingerprint density at radius 3 is 2.58 bits per heavy atom. The van der Waals surface area contributed by atoms with Crippen LogP contribution in [0, 0.1) is 0 Å². The molecule has 0 saturated heterocycles. The monoisotopic (exact) mass is 259 g/mol. The van der Waals surface area contributed by atoms with Gasteiger partial charge < -0.3 is 10.3 Å². The third-order valence-electron chi connectivity index (χ3n) is 3.41. The smallest absolute Gasteiger partial charge is 0.111 e. The second-order valence-corrected chi connectivity index (χ2v) is 6.28. The van der Waals surface area contributed by atoms with Crippen molar-refractivity contribution in [1.82, 2.24) is 9.55 Å². The van der Waals surface area contributed by atoms with Crippen molar-refractivity contribution < 1.29 is 0 Å². The lowest BCUT2D eigenvalue weighted by atomic mass is 10.1. The summed E-state index contributed by atoms with van der Waals surface area (Å²) in [6.45, 7) is 8.83. The summed E-state index contributed by atoms with van der Waals surface area (Å²) in [6.07, 6.45) is 3.02. The van der Waals surface area contributed by atoms with Gasteiger partial charge in [-0.25, -0.2) is 4.98 Å². The molecule has 0 aliphatic carbocycles. The molecule has 1 heterocycles. The number of imidazole rings is 1. The number of hydrogen-bond acceptors (Lipinski definition) is 2. The molecular formula is C16H25N3. The highest BCUT2D eigenvalue weighted by Gasteiger charge is 2.22. The maximum Gasteiger partial charge on any atom is 0.111 e. The van der Waals surface area contributed by atoms with Gasteiger partial charge in [-0.05, 0) is 39.3 Å². The highest BCUT2D eigenvalue weighted by molar-refractivity contribution is 5.76. The molecule has 0 aliphatic rings. The average molecular weight is 259 g/mol. The number of nitrogens with two attached hydrogens (primary N) is 1. The number of hydrogen-bond donors (Lipinski definition) is 1. The number of para-hydroxylation sites is 2. The fourth-order valence-electron chi connectivity index (χ4n) is 2.67. The Morgan fingerprint density at radius 1 is 1.26 bits per heavy atom. The normalized spacial score (nSPS) is 13.9. The molecule has 0 saturated carbocycles. The molecule has 3 heteroatoms. The minimum absolute atomic E-state index is 0.0252. The largest absolute Gasteiger partial charge is 0.327 e. The van der Waals surface area contributed by atoms with Gasteiger partial charge in [0.05, 0.1) is 11.0 Å². The number of rotatable bonds is 4. The summed E-state index contributed by atoms with van der Waals surface area (Å²) in [7, 11) is 0. The molecule has 0 spiro atoms. The summed E-state index contributed by atoms with van der Waals surface area (Å²) in [5.41, 5.74) is 8.49. The van der Waals surface area contributed by atoms with E-state index in [1.165, 1.54) is 5.52 Å². The lowest BCUT2D eigenvalue weighted by molar-refractivity contribution is 0.388. The zero-order chi connectivity index (χ0) is 14.0. The molecule has 3 nitrogen and oxygen atoms in total. The molecule has 0 radical (unpaired) electrons. The second-order valence-electron chi connectivity index (χ2n) is 6.28. The quantitative estimate of drug-likeness (QED) is 0.913. The van der Waals surface area contributed by atoms with Gasteiger partial charge >= 0.3 is 0 Å². The molecule has 0 amide bonds. The van der Waals surface area contributed by atoms with Gasteiger partial charge in [-0.3, -0.25) is 0 Å². The van der Waals surface area contributed by atoms with Crippen molar-refractivity contribution in [3.63, 3.8) is 0 Å².